The van der Waals surface area contributed by atoms with Crippen LogP contribution in [0.5, 0.6) is 0 Å². The highest BCUT2D eigenvalue weighted by atomic mass is 79.9. The summed E-state index contributed by atoms with van der Waals surface area (Å²) in [4.78, 5) is 25.4. The zero-order valence-electron chi connectivity index (χ0n) is 14.5. The van der Waals surface area contributed by atoms with Crippen molar-refractivity contribution in [2.45, 2.75) is 32.4 Å². The van der Waals surface area contributed by atoms with Crippen LogP contribution in [-0.2, 0) is 25.5 Å². The van der Waals surface area contributed by atoms with Crippen LogP contribution in [0.25, 0.3) is 0 Å². The van der Waals surface area contributed by atoms with Crippen molar-refractivity contribution in [2.75, 3.05) is 31.6 Å². The standard InChI is InChI=1S/C18H23BrN2O4/c1-11(2)17(25-10-22)13-7-12-9-15(20-16(12)14(19)8-13)18(23)21-3-5-24-6-4-21/h7-8,10-11,15,17,20H,3-6,9H2,1-2H3. The summed E-state index contributed by atoms with van der Waals surface area (Å²) < 4.78 is 11.5. The molecule has 2 unspecified atom stereocenters. The first-order valence-electron chi connectivity index (χ1n) is 8.55. The lowest BCUT2D eigenvalue weighted by molar-refractivity contribution is -0.136. The first-order valence-corrected chi connectivity index (χ1v) is 9.35. The molecule has 0 spiro atoms. The highest BCUT2D eigenvalue weighted by Crippen LogP contribution is 2.38. The van der Waals surface area contributed by atoms with Crippen LogP contribution in [0.1, 0.15) is 31.1 Å². The summed E-state index contributed by atoms with van der Waals surface area (Å²) in [5.41, 5.74) is 2.95. The third kappa shape index (κ3) is 3.82. The minimum Gasteiger partial charge on any atom is -0.459 e. The summed E-state index contributed by atoms with van der Waals surface area (Å²) in [6, 6.07) is 3.74. The van der Waals surface area contributed by atoms with Crippen LogP contribution in [0.4, 0.5) is 5.69 Å². The summed E-state index contributed by atoms with van der Waals surface area (Å²) in [5.74, 6) is 0.271. The van der Waals surface area contributed by atoms with Crippen LogP contribution in [0.3, 0.4) is 0 Å². The van der Waals surface area contributed by atoms with Gasteiger partial charge in [0.2, 0.25) is 5.91 Å². The first kappa shape index (κ1) is 18.2. The van der Waals surface area contributed by atoms with E-state index in [2.05, 4.69) is 21.2 Å². The molecule has 2 aliphatic heterocycles. The van der Waals surface area contributed by atoms with Gasteiger partial charge in [0, 0.05) is 24.0 Å². The van der Waals surface area contributed by atoms with Crippen LogP contribution in [0.15, 0.2) is 16.6 Å². The van der Waals surface area contributed by atoms with Crippen molar-refractivity contribution in [1.82, 2.24) is 4.90 Å². The fourth-order valence-corrected chi connectivity index (χ4v) is 4.09. The fraction of sp³-hybridized carbons (Fsp3) is 0.556. The topological polar surface area (TPSA) is 67.9 Å². The van der Waals surface area contributed by atoms with Crippen molar-refractivity contribution in [1.29, 1.82) is 0 Å². The number of morpholine rings is 1. The second-order valence-corrected chi connectivity index (χ2v) is 7.63. The van der Waals surface area contributed by atoms with Gasteiger partial charge in [0.15, 0.2) is 0 Å². The maximum atomic E-state index is 12.7. The molecule has 1 saturated heterocycles. The van der Waals surface area contributed by atoms with Crippen LogP contribution in [0, 0.1) is 5.92 Å². The maximum Gasteiger partial charge on any atom is 0.293 e. The lowest BCUT2D eigenvalue weighted by Gasteiger charge is -2.29. The monoisotopic (exact) mass is 410 g/mol. The van der Waals surface area contributed by atoms with Gasteiger partial charge in [-0.2, -0.15) is 0 Å². The quantitative estimate of drug-likeness (QED) is 0.755. The Balaban J connectivity index is 1.79. The zero-order chi connectivity index (χ0) is 18.0. The lowest BCUT2D eigenvalue weighted by atomic mass is 9.96. The van der Waals surface area contributed by atoms with E-state index in [1.807, 2.05) is 30.9 Å². The third-order valence-electron chi connectivity index (χ3n) is 4.69. The number of ether oxygens (including phenoxy) is 2. The second kappa shape index (κ2) is 7.74. The number of rotatable bonds is 5. The largest absolute Gasteiger partial charge is 0.459 e. The number of hydrogen-bond acceptors (Lipinski definition) is 5. The average Bonchev–Trinajstić information content (AvgIpc) is 3.04. The van der Waals surface area contributed by atoms with E-state index < -0.39 is 0 Å². The Kier molecular flexibility index (Phi) is 5.64. The average molecular weight is 411 g/mol. The van der Waals surface area contributed by atoms with Crippen LogP contribution in [0.2, 0.25) is 0 Å². The molecule has 1 fully saturated rings. The van der Waals surface area contributed by atoms with Gasteiger partial charge in [-0.1, -0.05) is 13.8 Å². The highest BCUT2D eigenvalue weighted by Gasteiger charge is 2.33. The molecule has 2 atom stereocenters. The summed E-state index contributed by atoms with van der Waals surface area (Å²) in [5, 5.41) is 3.34. The van der Waals surface area contributed by atoms with E-state index in [1.165, 1.54) is 0 Å². The Hall–Kier alpha value is -1.60. The molecule has 1 N–H and O–H groups in total. The van der Waals surface area contributed by atoms with Crippen LogP contribution in [-0.4, -0.2) is 49.6 Å². The van der Waals surface area contributed by atoms with Crippen molar-refractivity contribution >= 4 is 34.0 Å². The van der Waals surface area contributed by atoms with Gasteiger partial charge in [-0.05, 0) is 45.1 Å². The van der Waals surface area contributed by atoms with E-state index in [1.54, 1.807) is 0 Å². The number of nitrogens with one attached hydrogen (secondary N) is 1. The van der Waals surface area contributed by atoms with Gasteiger partial charge in [0.25, 0.3) is 6.47 Å². The predicted octanol–water partition coefficient (Wildman–Crippen LogP) is 2.51. The molecule has 1 aromatic carbocycles. The van der Waals surface area contributed by atoms with Gasteiger partial charge >= 0.3 is 0 Å². The minimum atomic E-state index is -0.298. The molecule has 0 radical (unpaired) electrons. The van der Waals surface area contributed by atoms with Crippen LogP contribution < -0.4 is 5.32 Å². The smallest absolute Gasteiger partial charge is 0.293 e. The van der Waals surface area contributed by atoms with Crippen molar-refractivity contribution in [3.05, 3.63) is 27.7 Å². The van der Waals surface area contributed by atoms with E-state index in [0.29, 0.717) is 39.2 Å². The SMILES string of the molecule is CC(C)C(OC=O)c1cc(Br)c2c(c1)CC(C(=O)N1CCOCC1)N2. The van der Waals surface area contributed by atoms with Gasteiger partial charge in [-0.25, -0.2) is 0 Å². The molecule has 0 bridgehead atoms. The van der Waals surface area contributed by atoms with Crippen molar-refractivity contribution < 1.29 is 19.1 Å². The molecule has 0 aromatic heterocycles. The molecule has 0 aliphatic carbocycles. The van der Waals surface area contributed by atoms with E-state index in [9.17, 15) is 9.59 Å². The maximum absolute atomic E-state index is 12.7. The molecule has 25 heavy (non-hydrogen) atoms. The highest BCUT2D eigenvalue weighted by molar-refractivity contribution is 9.10. The summed E-state index contributed by atoms with van der Waals surface area (Å²) >= 11 is 3.59. The van der Waals surface area contributed by atoms with Gasteiger partial charge < -0.3 is 19.7 Å². The molecule has 7 heteroatoms. The number of carbonyl (C=O) groups is 2. The summed E-state index contributed by atoms with van der Waals surface area (Å²) in [7, 11) is 0. The Morgan fingerprint density at radius 3 is 2.76 bits per heavy atom. The van der Waals surface area contributed by atoms with Gasteiger partial charge in [0.1, 0.15) is 12.1 Å². The Bertz CT molecular complexity index is 659. The summed E-state index contributed by atoms with van der Waals surface area (Å²) in [6.07, 6.45) is 0.331. The predicted molar refractivity (Wildman–Crippen MR) is 97.4 cm³/mol. The number of fused-ring (bicyclic) bond motifs is 1. The van der Waals surface area contributed by atoms with Gasteiger partial charge in [-0.15, -0.1) is 0 Å². The first-order chi connectivity index (χ1) is 12.0. The van der Waals surface area contributed by atoms with E-state index in [4.69, 9.17) is 9.47 Å². The lowest BCUT2D eigenvalue weighted by Crippen LogP contribution is -2.47. The molecule has 0 saturated carbocycles. The molecule has 2 heterocycles. The molecule has 3 rings (SSSR count). The van der Waals surface area contributed by atoms with Crippen molar-refractivity contribution in [2.24, 2.45) is 5.92 Å². The van der Waals surface area contributed by atoms with Crippen LogP contribution >= 0.6 is 15.9 Å². The zero-order valence-corrected chi connectivity index (χ0v) is 16.0. The Morgan fingerprint density at radius 2 is 2.12 bits per heavy atom. The van der Waals surface area contributed by atoms with Crippen molar-refractivity contribution in [3.63, 3.8) is 0 Å². The normalized spacial score (nSPS) is 20.8. The number of anilines is 1. The number of halogens is 1. The molecule has 1 amide bonds. The van der Waals surface area contributed by atoms with Crippen molar-refractivity contribution in [3.8, 4) is 0 Å². The molecule has 2 aliphatic rings. The van der Waals surface area contributed by atoms with E-state index in [0.717, 1.165) is 21.3 Å². The Morgan fingerprint density at radius 1 is 1.40 bits per heavy atom. The van der Waals surface area contributed by atoms with Gasteiger partial charge in [0.05, 0.1) is 18.9 Å². The van der Waals surface area contributed by atoms with Gasteiger partial charge in [-0.3, -0.25) is 9.59 Å². The Labute approximate surface area is 156 Å². The molecule has 6 nitrogen and oxygen atoms in total. The van der Waals surface area contributed by atoms with E-state index >= 15 is 0 Å². The fourth-order valence-electron chi connectivity index (χ4n) is 3.45. The second-order valence-electron chi connectivity index (χ2n) is 6.77. The minimum absolute atomic E-state index is 0.109. The molecule has 136 valence electrons. The molecule has 1 aromatic rings. The molecular formula is C18H23BrN2O4. The summed E-state index contributed by atoms with van der Waals surface area (Å²) in [6.45, 7) is 6.99. The number of nitrogens with zero attached hydrogens (tertiary/aromatic N) is 1. The number of hydrogen-bond donors (Lipinski definition) is 1. The third-order valence-corrected chi connectivity index (χ3v) is 5.32. The number of carbonyl (C=O) groups excluding carboxylic acids is 2. The van der Waals surface area contributed by atoms with E-state index in [-0.39, 0.29) is 24.0 Å². The molecular weight excluding hydrogens is 388 g/mol. The number of amides is 1. The number of benzene rings is 1.